The molecule has 1 unspecified atom stereocenters. The Labute approximate surface area is 175 Å². The Morgan fingerprint density at radius 3 is 2.53 bits per heavy atom. The zero-order chi connectivity index (χ0) is 21.4. The van der Waals surface area contributed by atoms with Crippen LogP contribution in [0.25, 0.3) is 21.9 Å². The van der Waals surface area contributed by atoms with E-state index in [1.54, 1.807) is 32.9 Å². The van der Waals surface area contributed by atoms with E-state index in [4.69, 9.17) is 9.05 Å². The summed E-state index contributed by atoms with van der Waals surface area (Å²) in [5.41, 5.74) is 1.33. The summed E-state index contributed by atoms with van der Waals surface area (Å²) in [7, 11) is 0. The highest BCUT2D eigenvalue weighted by molar-refractivity contribution is 7.15. The third-order valence-electron chi connectivity index (χ3n) is 4.45. The Kier molecular flexibility index (Phi) is 5.08. The quantitative estimate of drug-likeness (QED) is 0.518. The first-order valence-electron chi connectivity index (χ1n) is 9.20. The maximum atomic E-state index is 12.8. The number of nitrogens with zero attached hydrogens (tertiary/aromatic N) is 4. The van der Waals surface area contributed by atoms with Gasteiger partial charge in [0.05, 0.1) is 16.1 Å². The topological polar surface area (TPSA) is 116 Å². The van der Waals surface area contributed by atoms with Gasteiger partial charge in [-0.1, -0.05) is 10.3 Å². The van der Waals surface area contributed by atoms with Crippen molar-refractivity contribution in [2.75, 3.05) is 5.32 Å². The number of carbonyl (C=O) groups excluding carboxylic acids is 1. The van der Waals surface area contributed by atoms with Gasteiger partial charge in [0.25, 0.3) is 5.56 Å². The minimum atomic E-state index is -0.875. The van der Waals surface area contributed by atoms with Crippen LogP contribution in [0.1, 0.15) is 29.3 Å². The second kappa shape index (κ2) is 7.71. The van der Waals surface area contributed by atoms with E-state index >= 15 is 0 Å². The van der Waals surface area contributed by atoms with Crippen LogP contribution in [0, 0.1) is 20.8 Å². The second-order valence-corrected chi connectivity index (χ2v) is 8.21. The summed E-state index contributed by atoms with van der Waals surface area (Å²) in [4.78, 5) is 27.5. The number of hydrogen-bond acceptors (Lipinski definition) is 8. The number of nitrogens with one attached hydrogen (secondary N) is 1. The lowest BCUT2D eigenvalue weighted by Gasteiger charge is -2.15. The molecule has 10 heteroatoms. The number of aryl methyl sites for hydroxylation is 3. The molecule has 1 N–H and O–H groups in total. The molecule has 4 aromatic rings. The van der Waals surface area contributed by atoms with Gasteiger partial charge in [-0.25, -0.2) is 4.68 Å². The normalized spacial score (nSPS) is 12.1. The molecule has 1 atom stereocenters. The van der Waals surface area contributed by atoms with Crippen molar-refractivity contribution in [1.29, 1.82) is 0 Å². The summed E-state index contributed by atoms with van der Waals surface area (Å²) in [5, 5.41) is 14.8. The number of rotatable bonds is 5. The fourth-order valence-corrected chi connectivity index (χ4v) is 3.80. The first kappa shape index (κ1) is 19.8. The average Bonchev–Trinajstić information content (AvgIpc) is 3.43. The van der Waals surface area contributed by atoms with Gasteiger partial charge >= 0.3 is 0 Å². The Morgan fingerprint density at radius 1 is 1.13 bits per heavy atom. The maximum absolute atomic E-state index is 12.8. The lowest BCUT2D eigenvalue weighted by atomic mass is 10.1. The van der Waals surface area contributed by atoms with Crippen molar-refractivity contribution >= 4 is 23.1 Å². The van der Waals surface area contributed by atoms with Gasteiger partial charge in [-0.15, -0.1) is 11.3 Å². The van der Waals surface area contributed by atoms with Crippen LogP contribution in [0.15, 0.2) is 44.2 Å². The van der Waals surface area contributed by atoms with Crippen molar-refractivity contribution in [2.45, 2.75) is 33.7 Å². The van der Waals surface area contributed by atoms with Crippen LogP contribution >= 0.6 is 11.3 Å². The Morgan fingerprint density at radius 2 is 1.93 bits per heavy atom. The summed E-state index contributed by atoms with van der Waals surface area (Å²) in [5.74, 6) is 0.852. The first-order valence-corrected chi connectivity index (χ1v) is 10.0. The predicted molar refractivity (Wildman–Crippen MR) is 111 cm³/mol. The molecule has 0 radical (unpaired) electrons. The van der Waals surface area contributed by atoms with Crippen LogP contribution in [0.4, 0.5) is 5.82 Å². The van der Waals surface area contributed by atoms with Crippen molar-refractivity contribution in [2.24, 2.45) is 0 Å². The number of carbonyl (C=O) groups is 1. The lowest BCUT2D eigenvalue weighted by Crippen LogP contribution is -2.33. The van der Waals surface area contributed by atoms with Gasteiger partial charge < -0.3 is 14.4 Å². The molecule has 154 valence electrons. The molecule has 4 aromatic heterocycles. The van der Waals surface area contributed by atoms with E-state index in [9.17, 15) is 9.59 Å². The molecule has 0 saturated carbocycles. The molecule has 0 aromatic carbocycles. The van der Waals surface area contributed by atoms with E-state index in [1.807, 2.05) is 19.1 Å². The van der Waals surface area contributed by atoms with Crippen molar-refractivity contribution in [3.8, 4) is 21.9 Å². The van der Waals surface area contributed by atoms with Gasteiger partial charge in [0.1, 0.15) is 17.5 Å². The number of thiophene rings is 1. The van der Waals surface area contributed by atoms with Crippen molar-refractivity contribution in [3.63, 3.8) is 0 Å². The fourth-order valence-electron chi connectivity index (χ4n) is 2.94. The van der Waals surface area contributed by atoms with Crippen LogP contribution in [0.5, 0.6) is 0 Å². The standard InChI is InChI=1S/C20H19N5O4S/c1-10-7-15(29-23-10)14-9-18(26)25(22-19(14)16-6-5-12(3)30-16)13(4)20(27)21-17-8-11(2)28-24-17/h5-9,13H,1-4H3,(H,21,24,27). The van der Waals surface area contributed by atoms with E-state index in [1.165, 1.54) is 17.4 Å². The lowest BCUT2D eigenvalue weighted by molar-refractivity contribution is -0.119. The number of aromatic nitrogens is 4. The monoisotopic (exact) mass is 425 g/mol. The SMILES string of the molecule is Cc1cc(-c2cc(=O)n(C(C)C(=O)Nc3cc(C)on3)nc2-c2ccc(C)s2)on1. The van der Waals surface area contributed by atoms with Crippen LogP contribution in [-0.2, 0) is 4.79 Å². The van der Waals surface area contributed by atoms with Gasteiger partial charge in [0, 0.05) is 23.1 Å². The van der Waals surface area contributed by atoms with Crippen molar-refractivity contribution in [3.05, 3.63) is 57.0 Å². The maximum Gasteiger partial charge on any atom is 0.268 e. The van der Waals surface area contributed by atoms with Gasteiger partial charge in [-0.3, -0.25) is 9.59 Å². The molecule has 0 aliphatic rings. The van der Waals surface area contributed by atoms with Gasteiger partial charge in [0.15, 0.2) is 11.6 Å². The van der Waals surface area contributed by atoms with Crippen molar-refractivity contribution < 1.29 is 13.8 Å². The van der Waals surface area contributed by atoms with Crippen LogP contribution < -0.4 is 10.9 Å². The van der Waals surface area contributed by atoms with Gasteiger partial charge in [-0.05, 0) is 39.8 Å². The molecule has 0 bridgehead atoms. The molecule has 30 heavy (non-hydrogen) atoms. The second-order valence-electron chi connectivity index (χ2n) is 6.92. The minimum Gasteiger partial charge on any atom is -0.360 e. The molecule has 4 heterocycles. The zero-order valence-electron chi connectivity index (χ0n) is 16.8. The number of amides is 1. The van der Waals surface area contributed by atoms with Crippen molar-refractivity contribution in [1.82, 2.24) is 20.1 Å². The van der Waals surface area contributed by atoms with E-state index in [-0.39, 0.29) is 5.82 Å². The van der Waals surface area contributed by atoms with E-state index < -0.39 is 17.5 Å². The van der Waals surface area contributed by atoms with E-state index in [2.05, 4.69) is 20.7 Å². The molecule has 0 fully saturated rings. The molecular formula is C20H19N5O4S. The largest absolute Gasteiger partial charge is 0.360 e. The first-order chi connectivity index (χ1) is 14.3. The van der Waals surface area contributed by atoms with E-state index in [0.29, 0.717) is 28.5 Å². The summed E-state index contributed by atoms with van der Waals surface area (Å²) >= 11 is 1.53. The summed E-state index contributed by atoms with van der Waals surface area (Å²) < 4.78 is 11.5. The Balaban J connectivity index is 1.77. The van der Waals surface area contributed by atoms with Crippen LogP contribution in [-0.4, -0.2) is 26.0 Å². The third-order valence-corrected chi connectivity index (χ3v) is 5.46. The van der Waals surface area contributed by atoms with E-state index in [0.717, 1.165) is 14.4 Å². The Hall–Kier alpha value is -3.53. The molecule has 0 aliphatic heterocycles. The number of hydrogen-bond donors (Lipinski definition) is 1. The predicted octanol–water partition coefficient (Wildman–Crippen LogP) is 3.74. The molecule has 0 spiro atoms. The average molecular weight is 425 g/mol. The third kappa shape index (κ3) is 3.81. The smallest absolute Gasteiger partial charge is 0.268 e. The minimum absolute atomic E-state index is 0.278. The molecular weight excluding hydrogens is 406 g/mol. The Bertz CT molecular complexity index is 1280. The summed E-state index contributed by atoms with van der Waals surface area (Å²) in [6.45, 7) is 7.10. The van der Waals surface area contributed by atoms with Crippen LogP contribution in [0.2, 0.25) is 0 Å². The molecule has 0 saturated heterocycles. The van der Waals surface area contributed by atoms with Gasteiger partial charge in [0.2, 0.25) is 5.91 Å². The molecule has 1 amide bonds. The fraction of sp³-hybridized carbons (Fsp3) is 0.250. The highest BCUT2D eigenvalue weighted by Crippen LogP contribution is 2.34. The zero-order valence-corrected chi connectivity index (χ0v) is 17.6. The highest BCUT2D eigenvalue weighted by Gasteiger charge is 2.23. The summed E-state index contributed by atoms with van der Waals surface area (Å²) in [6.07, 6.45) is 0. The molecule has 0 aliphatic carbocycles. The molecule has 4 rings (SSSR count). The van der Waals surface area contributed by atoms with Gasteiger partial charge in [-0.2, -0.15) is 5.10 Å². The summed E-state index contributed by atoms with van der Waals surface area (Å²) in [6, 6.07) is 7.77. The number of anilines is 1. The highest BCUT2D eigenvalue weighted by atomic mass is 32.1. The molecule has 9 nitrogen and oxygen atoms in total. The van der Waals surface area contributed by atoms with Crippen LogP contribution in [0.3, 0.4) is 0 Å².